The Morgan fingerprint density at radius 3 is 2.72 bits per heavy atom. The second kappa shape index (κ2) is 8.50. The molecule has 0 radical (unpaired) electrons. The number of carbonyl (C=O) groups excluding carboxylic acids is 1. The third-order valence-corrected chi connectivity index (χ3v) is 6.48. The van der Waals surface area contributed by atoms with E-state index in [1.807, 2.05) is 47.1 Å². The van der Waals surface area contributed by atoms with Crippen molar-refractivity contribution in [2.75, 3.05) is 13.7 Å². The lowest BCUT2D eigenvalue weighted by molar-refractivity contribution is -0.132. The first kappa shape index (κ1) is 20.3. The van der Waals surface area contributed by atoms with E-state index in [-0.39, 0.29) is 11.8 Å². The average molecular weight is 426 g/mol. The Kier molecular flexibility index (Phi) is 5.39. The Labute approximate surface area is 188 Å². The Bertz CT molecular complexity index is 1280. The largest absolute Gasteiger partial charge is 0.496 e. The lowest BCUT2D eigenvalue weighted by Crippen LogP contribution is -2.38. The zero-order valence-electron chi connectivity index (χ0n) is 18.5. The maximum atomic E-state index is 13.4. The van der Waals surface area contributed by atoms with Crippen molar-refractivity contribution in [2.45, 2.75) is 25.3 Å². The maximum absolute atomic E-state index is 13.4. The topological polar surface area (TPSA) is 47.4 Å². The van der Waals surface area contributed by atoms with Gasteiger partial charge in [0.1, 0.15) is 5.75 Å². The van der Waals surface area contributed by atoms with Crippen LogP contribution in [0.1, 0.15) is 34.6 Å². The quantitative estimate of drug-likeness (QED) is 0.466. The fraction of sp³-hybridized carbons (Fsp3) is 0.259. The molecular formula is C27H27N3O2. The van der Waals surface area contributed by atoms with Gasteiger partial charge in [0.15, 0.2) is 0 Å². The number of aryl methyl sites for hydroxylation is 2. The maximum Gasteiger partial charge on any atom is 0.223 e. The number of aromatic nitrogens is 2. The van der Waals surface area contributed by atoms with Crippen LogP contribution in [0.25, 0.3) is 10.8 Å². The number of nitrogens with zero attached hydrogens (tertiary/aromatic N) is 3. The van der Waals surface area contributed by atoms with Crippen LogP contribution in [0.3, 0.4) is 0 Å². The van der Waals surface area contributed by atoms with Crippen molar-refractivity contribution in [3.05, 3.63) is 95.3 Å². The average Bonchev–Trinajstić information content (AvgIpc) is 3.27. The summed E-state index contributed by atoms with van der Waals surface area (Å²) in [6.45, 7) is 1.33. The molecule has 3 aromatic carbocycles. The number of ether oxygens (including phenoxy) is 1. The van der Waals surface area contributed by atoms with Crippen LogP contribution in [0, 0.1) is 0 Å². The van der Waals surface area contributed by atoms with Crippen molar-refractivity contribution in [3.8, 4) is 5.75 Å². The van der Waals surface area contributed by atoms with Gasteiger partial charge in [-0.3, -0.25) is 9.48 Å². The number of methoxy groups -OCH3 is 1. The van der Waals surface area contributed by atoms with E-state index < -0.39 is 0 Å². The molecule has 0 saturated heterocycles. The van der Waals surface area contributed by atoms with E-state index in [4.69, 9.17) is 4.74 Å². The van der Waals surface area contributed by atoms with E-state index in [1.54, 1.807) is 7.11 Å². The molecular weight excluding hydrogens is 398 g/mol. The molecule has 1 aliphatic rings. The molecule has 5 nitrogen and oxygen atoms in total. The van der Waals surface area contributed by atoms with E-state index in [0.717, 1.165) is 22.3 Å². The van der Waals surface area contributed by atoms with Crippen LogP contribution in [0.4, 0.5) is 0 Å². The molecule has 4 aromatic rings. The zero-order chi connectivity index (χ0) is 22.1. The van der Waals surface area contributed by atoms with Crippen LogP contribution in [-0.2, 0) is 24.8 Å². The van der Waals surface area contributed by atoms with Gasteiger partial charge in [-0.1, -0.05) is 54.6 Å². The molecule has 0 spiro atoms. The Hall–Kier alpha value is -3.60. The van der Waals surface area contributed by atoms with Crippen LogP contribution in [0.5, 0.6) is 5.75 Å². The number of benzene rings is 3. The molecule has 162 valence electrons. The molecule has 0 saturated carbocycles. The SMILES string of the molecule is COc1ccc2ccccc2c1CCC(=O)N1Cc2ccccc2C(c2cnn(C)c2)C1. The molecule has 1 aromatic heterocycles. The third kappa shape index (κ3) is 3.75. The number of carbonyl (C=O) groups is 1. The summed E-state index contributed by atoms with van der Waals surface area (Å²) in [6.07, 6.45) is 5.07. The van der Waals surface area contributed by atoms with Crippen LogP contribution in [0.2, 0.25) is 0 Å². The number of rotatable bonds is 5. The molecule has 1 atom stereocenters. The number of hydrogen-bond donors (Lipinski definition) is 0. The second-order valence-electron chi connectivity index (χ2n) is 8.44. The molecule has 0 bridgehead atoms. The Morgan fingerprint density at radius 2 is 1.91 bits per heavy atom. The minimum Gasteiger partial charge on any atom is -0.496 e. The van der Waals surface area contributed by atoms with Crippen molar-refractivity contribution in [1.82, 2.24) is 14.7 Å². The summed E-state index contributed by atoms with van der Waals surface area (Å²) in [5, 5.41) is 6.67. The fourth-order valence-electron chi connectivity index (χ4n) is 4.86. The molecule has 2 heterocycles. The predicted molar refractivity (Wildman–Crippen MR) is 126 cm³/mol. The van der Waals surface area contributed by atoms with Gasteiger partial charge < -0.3 is 9.64 Å². The van der Waals surface area contributed by atoms with Gasteiger partial charge in [-0.15, -0.1) is 0 Å². The molecule has 1 unspecified atom stereocenters. The summed E-state index contributed by atoms with van der Waals surface area (Å²) in [5.41, 5.74) is 4.75. The predicted octanol–water partition coefficient (Wildman–Crippen LogP) is 4.69. The van der Waals surface area contributed by atoms with E-state index in [2.05, 4.69) is 47.7 Å². The first-order chi connectivity index (χ1) is 15.6. The highest BCUT2D eigenvalue weighted by Gasteiger charge is 2.29. The Balaban J connectivity index is 1.39. The minimum absolute atomic E-state index is 0.143. The van der Waals surface area contributed by atoms with Gasteiger partial charge in [0.05, 0.1) is 13.3 Å². The van der Waals surface area contributed by atoms with Crippen molar-refractivity contribution in [1.29, 1.82) is 0 Å². The van der Waals surface area contributed by atoms with Gasteiger partial charge in [-0.25, -0.2) is 0 Å². The summed E-state index contributed by atoms with van der Waals surface area (Å²) < 4.78 is 7.45. The summed E-state index contributed by atoms with van der Waals surface area (Å²) in [7, 11) is 3.62. The molecule has 0 fully saturated rings. The summed E-state index contributed by atoms with van der Waals surface area (Å²) >= 11 is 0. The lowest BCUT2D eigenvalue weighted by Gasteiger charge is -2.34. The van der Waals surface area contributed by atoms with Gasteiger partial charge in [0.2, 0.25) is 5.91 Å². The van der Waals surface area contributed by atoms with Crippen molar-refractivity contribution < 1.29 is 9.53 Å². The van der Waals surface area contributed by atoms with Crippen molar-refractivity contribution in [3.63, 3.8) is 0 Å². The van der Waals surface area contributed by atoms with E-state index in [0.29, 0.717) is 25.9 Å². The van der Waals surface area contributed by atoms with Gasteiger partial charge in [0, 0.05) is 44.2 Å². The smallest absolute Gasteiger partial charge is 0.223 e. The summed E-state index contributed by atoms with van der Waals surface area (Å²) in [5.74, 6) is 1.15. The van der Waals surface area contributed by atoms with Gasteiger partial charge >= 0.3 is 0 Å². The van der Waals surface area contributed by atoms with Gasteiger partial charge in [-0.2, -0.15) is 5.10 Å². The molecule has 0 N–H and O–H groups in total. The van der Waals surface area contributed by atoms with Gasteiger partial charge in [0.25, 0.3) is 0 Å². The van der Waals surface area contributed by atoms with Crippen LogP contribution < -0.4 is 4.74 Å². The molecule has 0 aliphatic carbocycles. The van der Waals surface area contributed by atoms with E-state index in [9.17, 15) is 4.79 Å². The minimum atomic E-state index is 0.143. The van der Waals surface area contributed by atoms with Crippen LogP contribution in [0.15, 0.2) is 73.1 Å². The first-order valence-corrected chi connectivity index (χ1v) is 11.0. The number of amides is 1. The van der Waals surface area contributed by atoms with E-state index in [1.165, 1.54) is 16.5 Å². The lowest BCUT2D eigenvalue weighted by atomic mass is 9.86. The third-order valence-electron chi connectivity index (χ3n) is 6.48. The fourth-order valence-corrected chi connectivity index (χ4v) is 4.86. The van der Waals surface area contributed by atoms with Crippen molar-refractivity contribution >= 4 is 16.7 Å². The summed E-state index contributed by atoms with van der Waals surface area (Å²) in [6, 6.07) is 20.8. The monoisotopic (exact) mass is 425 g/mol. The Morgan fingerprint density at radius 1 is 1.09 bits per heavy atom. The van der Waals surface area contributed by atoms with Crippen molar-refractivity contribution in [2.24, 2.45) is 7.05 Å². The molecule has 32 heavy (non-hydrogen) atoms. The molecule has 1 amide bonds. The molecule has 1 aliphatic heterocycles. The van der Waals surface area contributed by atoms with Crippen LogP contribution in [-0.4, -0.2) is 34.2 Å². The highest BCUT2D eigenvalue weighted by Crippen LogP contribution is 2.34. The summed E-state index contributed by atoms with van der Waals surface area (Å²) in [4.78, 5) is 15.4. The highest BCUT2D eigenvalue weighted by atomic mass is 16.5. The second-order valence-corrected chi connectivity index (χ2v) is 8.44. The normalized spacial score (nSPS) is 15.6. The molecule has 5 heteroatoms. The number of fused-ring (bicyclic) bond motifs is 2. The molecule has 5 rings (SSSR count). The highest BCUT2D eigenvalue weighted by molar-refractivity contribution is 5.88. The first-order valence-electron chi connectivity index (χ1n) is 11.0. The van der Waals surface area contributed by atoms with Crippen LogP contribution >= 0.6 is 0 Å². The standard InChI is InChI=1S/C27H27N3O2/c1-29-16-21(15-28-29)25-18-30(17-20-8-4-6-10-23(20)25)27(31)14-12-24-22-9-5-3-7-19(22)11-13-26(24)32-2/h3-11,13,15-16,25H,12,14,17-18H2,1-2H3. The van der Waals surface area contributed by atoms with Gasteiger partial charge in [-0.05, 0) is 39.9 Å². The van der Waals surface area contributed by atoms with E-state index >= 15 is 0 Å². The zero-order valence-corrected chi connectivity index (χ0v) is 18.5. The number of hydrogen-bond acceptors (Lipinski definition) is 3.